The molecule has 1 atom stereocenters. The lowest BCUT2D eigenvalue weighted by Gasteiger charge is -2.47. The Labute approximate surface area is 299 Å². The van der Waals surface area contributed by atoms with Gasteiger partial charge in [-0.25, -0.2) is 0 Å². The highest BCUT2D eigenvalue weighted by Gasteiger charge is 2.50. The maximum Gasteiger partial charge on any atom is 0.0803 e. The van der Waals surface area contributed by atoms with Crippen molar-refractivity contribution in [3.63, 3.8) is 0 Å². The molecule has 0 radical (unpaired) electrons. The smallest absolute Gasteiger partial charge is 0.0803 e. The largest absolute Gasteiger partial charge is 0.311 e. The van der Waals surface area contributed by atoms with Gasteiger partial charge in [0.05, 0.1) is 16.8 Å². The second-order valence-electron chi connectivity index (χ2n) is 13.7. The summed E-state index contributed by atoms with van der Waals surface area (Å²) in [6.45, 7) is 2.26. The molecule has 51 heavy (non-hydrogen) atoms. The summed E-state index contributed by atoms with van der Waals surface area (Å²) in [5.74, 6) is 0. The number of para-hydroxylation sites is 2. The maximum absolute atomic E-state index is 2.59. The summed E-state index contributed by atoms with van der Waals surface area (Å²) in [6.07, 6.45) is 16.7. The van der Waals surface area contributed by atoms with Gasteiger partial charge in [0.15, 0.2) is 0 Å². The van der Waals surface area contributed by atoms with Crippen LogP contribution in [0, 0.1) is 12.3 Å². The second kappa shape index (κ2) is 11.6. The van der Waals surface area contributed by atoms with E-state index in [2.05, 4.69) is 206 Å². The molecule has 1 unspecified atom stereocenters. The van der Waals surface area contributed by atoms with Gasteiger partial charge in [0.2, 0.25) is 0 Å². The Morgan fingerprint density at radius 3 is 1.65 bits per heavy atom. The average molecular weight is 650 g/mol. The third-order valence-electron chi connectivity index (χ3n) is 11.0. The van der Waals surface area contributed by atoms with E-state index in [9.17, 15) is 0 Å². The van der Waals surface area contributed by atoms with E-state index in [-0.39, 0.29) is 0 Å². The van der Waals surface area contributed by atoms with Gasteiger partial charge in [-0.3, -0.25) is 0 Å². The second-order valence-corrected chi connectivity index (χ2v) is 13.7. The van der Waals surface area contributed by atoms with Gasteiger partial charge in [0, 0.05) is 16.8 Å². The third kappa shape index (κ3) is 4.41. The molecule has 0 saturated heterocycles. The molecule has 0 amide bonds. The van der Waals surface area contributed by atoms with Crippen LogP contribution in [-0.2, 0) is 0 Å². The summed E-state index contributed by atoms with van der Waals surface area (Å²) in [5, 5.41) is 0. The number of nitrogens with zero attached hydrogens (tertiary/aromatic N) is 1. The SMILES string of the molecule is Cc1cccc(-c2ccccc2)c1N(C1=CC=C2C(=Cc3ccccc32)C12C=CC=C1C2=Cc2ccccc21)c1ccccc1-c1ccccc1. The number of rotatable bonds is 5. The zero-order valence-corrected chi connectivity index (χ0v) is 28.4. The van der Waals surface area contributed by atoms with E-state index in [1.807, 2.05) is 0 Å². The van der Waals surface area contributed by atoms with Crippen LogP contribution in [0.15, 0.2) is 199 Å². The fraction of sp³-hybridized carbons (Fsp3) is 0.0400. The van der Waals surface area contributed by atoms with Gasteiger partial charge in [0.25, 0.3) is 0 Å². The normalized spacial score (nSPS) is 17.7. The van der Waals surface area contributed by atoms with Crippen molar-refractivity contribution in [2.24, 2.45) is 5.41 Å². The summed E-state index contributed by atoms with van der Waals surface area (Å²) < 4.78 is 0. The third-order valence-corrected chi connectivity index (χ3v) is 11.0. The van der Waals surface area contributed by atoms with Crippen LogP contribution in [0.2, 0.25) is 0 Å². The molecule has 10 rings (SSSR count). The number of benzene rings is 6. The first-order chi connectivity index (χ1) is 25.2. The highest BCUT2D eigenvalue weighted by Crippen LogP contribution is 2.64. The lowest BCUT2D eigenvalue weighted by molar-refractivity contribution is 0.676. The molecule has 0 N–H and O–H groups in total. The van der Waals surface area contributed by atoms with Crippen molar-refractivity contribution in [1.82, 2.24) is 0 Å². The quantitative estimate of drug-likeness (QED) is 0.180. The van der Waals surface area contributed by atoms with Gasteiger partial charge >= 0.3 is 0 Å². The van der Waals surface area contributed by atoms with Gasteiger partial charge in [0.1, 0.15) is 0 Å². The molecule has 0 heterocycles. The van der Waals surface area contributed by atoms with Crippen molar-refractivity contribution in [2.75, 3.05) is 4.90 Å². The molecule has 0 aliphatic heterocycles. The molecule has 240 valence electrons. The Bertz CT molecular complexity index is 2550. The van der Waals surface area contributed by atoms with E-state index in [4.69, 9.17) is 0 Å². The first kappa shape index (κ1) is 29.5. The molecule has 0 bridgehead atoms. The predicted molar refractivity (Wildman–Crippen MR) is 215 cm³/mol. The molecule has 6 aromatic carbocycles. The van der Waals surface area contributed by atoms with Crippen LogP contribution in [0.3, 0.4) is 0 Å². The van der Waals surface area contributed by atoms with Gasteiger partial charge in [-0.2, -0.15) is 0 Å². The molecular weight excluding hydrogens is 615 g/mol. The Morgan fingerprint density at radius 2 is 0.980 bits per heavy atom. The summed E-state index contributed by atoms with van der Waals surface area (Å²) in [6, 6.07) is 55.0. The van der Waals surface area contributed by atoms with Gasteiger partial charge in [-0.05, 0) is 92.5 Å². The zero-order valence-electron chi connectivity index (χ0n) is 28.4. The fourth-order valence-corrected chi connectivity index (χ4v) is 8.73. The molecule has 1 heteroatoms. The Kier molecular flexibility index (Phi) is 6.69. The first-order valence-electron chi connectivity index (χ1n) is 17.8. The molecule has 4 aliphatic rings. The predicted octanol–water partition coefficient (Wildman–Crippen LogP) is 12.9. The van der Waals surface area contributed by atoms with Gasteiger partial charge < -0.3 is 4.90 Å². The molecule has 4 aliphatic carbocycles. The maximum atomic E-state index is 2.59. The topological polar surface area (TPSA) is 3.24 Å². The standard InChI is InChI=1S/C50H35N/c1-34-16-14-26-42(36-19-6-3-7-20-36)49(34)51(47-28-13-12-25-41(47)35-17-4-2-5-18-35)48-30-29-44-40-24-11-9-22-38(40)33-46(44)50(48)31-15-27-43-39-23-10-8-21-37(39)32-45(43)50/h2-33H,1H3. The molecule has 1 nitrogen and oxygen atoms in total. The van der Waals surface area contributed by atoms with Crippen LogP contribution >= 0.6 is 0 Å². The number of aryl methyl sites for hydroxylation is 1. The van der Waals surface area contributed by atoms with Crippen LogP contribution in [-0.4, -0.2) is 0 Å². The van der Waals surface area contributed by atoms with Crippen molar-refractivity contribution in [2.45, 2.75) is 6.92 Å². The van der Waals surface area contributed by atoms with E-state index in [0.717, 1.165) is 5.69 Å². The monoisotopic (exact) mass is 649 g/mol. The summed E-state index contributed by atoms with van der Waals surface area (Å²) >= 11 is 0. The minimum atomic E-state index is -0.577. The highest BCUT2D eigenvalue weighted by molar-refractivity contribution is 6.07. The number of hydrogen-bond donors (Lipinski definition) is 0. The molecule has 6 aromatic rings. The van der Waals surface area contributed by atoms with E-state index in [1.165, 1.54) is 83.7 Å². The average Bonchev–Trinajstić information content (AvgIpc) is 3.77. The van der Waals surface area contributed by atoms with Gasteiger partial charge in [-0.15, -0.1) is 0 Å². The highest BCUT2D eigenvalue weighted by atomic mass is 15.2. The van der Waals surface area contributed by atoms with Crippen molar-refractivity contribution >= 4 is 34.7 Å². The van der Waals surface area contributed by atoms with E-state index in [0.29, 0.717) is 0 Å². The fourth-order valence-electron chi connectivity index (χ4n) is 8.73. The lowest BCUT2D eigenvalue weighted by atomic mass is 9.63. The van der Waals surface area contributed by atoms with Crippen molar-refractivity contribution in [3.05, 3.63) is 227 Å². The van der Waals surface area contributed by atoms with Gasteiger partial charge in [-0.1, -0.05) is 170 Å². The minimum Gasteiger partial charge on any atom is -0.311 e. The lowest BCUT2D eigenvalue weighted by Crippen LogP contribution is -2.37. The molecule has 0 saturated carbocycles. The Morgan fingerprint density at radius 1 is 0.451 bits per heavy atom. The molecule has 0 fully saturated rings. The van der Waals surface area contributed by atoms with E-state index in [1.54, 1.807) is 0 Å². The van der Waals surface area contributed by atoms with E-state index < -0.39 is 5.41 Å². The van der Waals surface area contributed by atoms with Crippen LogP contribution in [0.1, 0.15) is 27.8 Å². The molecule has 0 aromatic heterocycles. The number of allylic oxidation sites excluding steroid dienone is 7. The minimum absolute atomic E-state index is 0.577. The molecule has 1 spiro atoms. The Hall–Kier alpha value is -6.44. The van der Waals surface area contributed by atoms with Crippen LogP contribution in [0.5, 0.6) is 0 Å². The van der Waals surface area contributed by atoms with E-state index >= 15 is 0 Å². The molecular formula is C50H35N. The summed E-state index contributed by atoms with van der Waals surface area (Å²) in [7, 11) is 0. The number of anilines is 2. The first-order valence-corrected chi connectivity index (χ1v) is 17.8. The number of fused-ring (bicyclic) bond motifs is 8. The van der Waals surface area contributed by atoms with Crippen molar-refractivity contribution < 1.29 is 0 Å². The van der Waals surface area contributed by atoms with Crippen LogP contribution in [0.25, 0.3) is 45.6 Å². The summed E-state index contributed by atoms with van der Waals surface area (Å²) in [5.41, 5.74) is 19.3. The van der Waals surface area contributed by atoms with Crippen molar-refractivity contribution in [3.8, 4) is 22.3 Å². The van der Waals surface area contributed by atoms with Crippen molar-refractivity contribution in [1.29, 1.82) is 0 Å². The Balaban J connectivity index is 1.32. The van der Waals surface area contributed by atoms with Crippen LogP contribution in [0.4, 0.5) is 11.4 Å². The summed E-state index contributed by atoms with van der Waals surface area (Å²) in [4.78, 5) is 2.59. The number of hydrogen-bond acceptors (Lipinski definition) is 1. The zero-order chi connectivity index (χ0) is 33.9. The van der Waals surface area contributed by atoms with Crippen LogP contribution < -0.4 is 4.90 Å².